The number of likely N-dealkylation sites (tertiary alicyclic amines) is 1. The Morgan fingerprint density at radius 2 is 1.56 bits per heavy atom. The van der Waals surface area contributed by atoms with Crippen LogP contribution in [-0.2, 0) is 20.6 Å². The minimum Gasteiger partial charge on any atom is -0.325 e. The largest absolute Gasteiger partial charge is 0.416 e. The van der Waals surface area contributed by atoms with Crippen molar-refractivity contribution in [3.63, 3.8) is 0 Å². The predicted octanol–water partition coefficient (Wildman–Crippen LogP) is 4.91. The van der Waals surface area contributed by atoms with Gasteiger partial charge in [-0.25, -0.2) is 0 Å². The van der Waals surface area contributed by atoms with Crippen molar-refractivity contribution in [2.24, 2.45) is 41.4 Å². The van der Waals surface area contributed by atoms with Crippen molar-refractivity contribution in [1.82, 2.24) is 4.90 Å². The van der Waals surface area contributed by atoms with Crippen LogP contribution in [0.3, 0.4) is 0 Å². The zero-order valence-corrected chi connectivity index (χ0v) is 19.0. The molecule has 2 bridgehead atoms. The van der Waals surface area contributed by atoms with E-state index in [1.165, 1.54) is 4.90 Å². The number of hydrogen-bond donors (Lipinski definition) is 1. The molecule has 4 fully saturated rings. The maximum absolute atomic E-state index is 13.3. The van der Waals surface area contributed by atoms with Gasteiger partial charge < -0.3 is 5.32 Å². The van der Waals surface area contributed by atoms with Gasteiger partial charge in [-0.1, -0.05) is 23.8 Å². The number of nitrogens with zero attached hydrogens (tertiary/aromatic N) is 1. The summed E-state index contributed by atoms with van der Waals surface area (Å²) in [5.41, 5.74) is -0.955. The normalized spacial score (nSPS) is 38.1. The van der Waals surface area contributed by atoms with Gasteiger partial charge >= 0.3 is 6.18 Å². The van der Waals surface area contributed by atoms with E-state index >= 15 is 0 Å². The lowest BCUT2D eigenvalue weighted by molar-refractivity contribution is -0.144. The molecular formula is C25H24ClF3N2O3. The van der Waals surface area contributed by atoms with Crippen molar-refractivity contribution < 1.29 is 27.6 Å². The lowest BCUT2D eigenvalue weighted by Crippen LogP contribution is -2.44. The van der Waals surface area contributed by atoms with Crippen LogP contribution in [0.15, 0.2) is 30.4 Å². The molecule has 34 heavy (non-hydrogen) atoms. The van der Waals surface area contributed by atoms with Crippen molar-refractivity contribution in [2.45, 2.75) is 44.3 Å². The fraction of sp³-hybridized carbons (Fsp3) is 0.560. The number of carbonyl (C=O) groups excluding carboxylic acids is 3. The average molecular weight is 493 g/mol. The number of imide groups is 1. The van der Waals surface area contributed by atoms with E-state index in [1.807, 2.05) is 0 Å². The Labute approximate surface area is 199 Å². The molecule has 0 aromatic heterocycles. The number of rotatable bonds is 3. The van der Waals surface area contributed by atoms with E-state index in [1.54, 1.807) is 0 Å². The molecule has 5 nitrogen and oxygen atoms in total. The third-order valence-corrected chi connectivity index (χ3v) is 9.01. The van der Waals surface area contributed by atoms with Crippen molar-refractivity contribution in [2.75, 3.05) is 5.32 Å². The summed E-state index contributed by atoms with van der Waals surface area (Å²) in [5, 5.41) is 2.57. The van der Waals surface area contributed by atoms with Crippen LogP contribution in [0.25, 0.3) is 0 Å². The first-order valence-corrected chi connectivity index (χ1v) is 12.3. The predicted molar refractivity (Wildman–Crippen MR) is 117 cm³/mol. The molecule has 3 amide bonds. The highest BCUT2D eigenvalue weighted by atomic mass is 35.5. The highest BCUT2D eigenvalue weighted by molar-refractivity contribution is 6.33. The van der Waals surface area contributed by atoms with Crippen LogP contribution in [0.4, 0.5) is 18.9 Å². The van der Waals surface area contributed by atoms with Crippen molar-refractivity contribution in [3.05, 3.63) is 40.9 Å². The zero-order chi connectivity index (χ0) is 23.9. The number of nitrogens with one attached hydrogen (secondary N) is 1. The van der Waals surface area contributed by atoms with Crippen LogP contribution in [0, 0.1) is 41.4 Å². The topological polar surface area (TPSA) is 66.5 Å². The fourth-order valence-corrected chi connectivity index (χ4v) is 7.13. The molecule has 6 aliphatic rings. The SMILES string of the molecule is O=C(Nc1cc(C(F)(F)F)ccc1Cl)C1CCC(N2C(=O)C3C4C=CC(C5CC45)C3C2=O)CC1. The Bertz CT molecular complexity index is 1080. The first-order chi connectivity index (χ1) is 16.1. The van der Waals surface area contributed by atoms with Crippen LogP contribution in [0.5, 0.6) is 0 Å². The molecule has 7 rings (SSSR count). The zero-order valence-electron chi connectivity index (χ0n) is 18.2. The van der Waals surface area contributed by atoms with Crippen LogP contribution < -0.4 is 5.32 Å². The molecule has 1 aromatic carbocycles. The maximum Gasteiger partial charge on any atom is 0.416 e. The second kappa shape index (κ2) is 7.57. The summed E-state index contributed by atoms with van der Waals surface area (Å²) < 4.78 is 39.0. The van der Waals surface area contributed by atoms with E-state index in [-0.39, 0.29) is 52.2 Å². The van der Waals surface area contributed by atoms with Gasteiger partial charge in [0.25, 0.3) is 0 Å². The van der Waals surface area contributed by atoms with E-state index in [2.05, 4.69) is 17.5 Å². The molecule has 1 saturated heterocycles. The molecule has 1 heterocycles. The summed E-state index contributed by atoms with van der Waals surface area (Å²) in [7, 11) is 0. The molecule has 0 radical (unpaired) electrons. The van der Waals surface area contributed by atoms with E-state index in [0.717, 1.165) is 24.6 Å². The van der Waals surface area contributed by atoms with Gasteiger partial charge in [0.05, 0.1) is 28.1 Å². The van der Waals surface area contributed by atoms with Gasteiger partial charge in [0.1, 0.15) is 0 Å². The number of amides is 3. The minimum atomic E-state index is -4.54. The molecule has 0 spiro atoms. The number of carbonyl (C=O) groups is 3. The Kier molecular flexibility index (Phi) is 4.93. The van der Waals surface area contributed by atoms with Crippen LogP contribution in [0.1, 0.15) is 37.7 Å². The average Bonchev–Trinajstić information content (AvgIpc) is 3.58. The molecule has 6 unspecified atom stereocenters. The molecule has 1 aliphatic heterocycles. The summed E-state index contributed by atoms with van der Waals surface area (Å²) in [6, 6.07) is 2.60. The van der Waals surface area contributed by atoms with E-state index < -0.39 is 23.6 Å². The fourth-order valence-electron chi connectivity index (χ4n) is 6.97. The lowest BCUT2D eigenvalue weighted by Gasteiger charge is -2.37. The summed E-state index contributed by atoms with van der Waals surface area (Å²) >= 11 is 6.00. The third kappa shape index (κ3) is 3.32. The van der Waals surface area contributed by atoms with Crippen molar-refractivity contribution >= 4 is 35.0 Å². The van der Waals surface area contributed by atoms with Crippen LogP contribution >= 0.6 is 11.6 Å². The summed E-state index contributed by atoms with van der Waals surface area (Å²) in [4.78, 5) is 40.9. The van der Waals surface area contributed by atoms with Crippen LogP contribution in [0.2, 0.25) is 5.02 Å². The minimum absolute atomic E-state index is 0.0344. The first kappa shape index (κ1) is 22.1. The number of anilines is 1. The Balaban J connectivity index is 1.11. The molecule has 9 heteroatoms. The number of halogens is 4. The van der Waals surface area contributed by atoms with Gasteiger partial charge in [0.2, 0.25) is 17.7 Å². The van der Waals surface area contributed by atoms with E-state index in [4.69, 9.17) is 11.6 Å². The van der Waals surface area contributed by atoms with Crippen LogP contribution in [-0.4, -0.2) is 28.7 Å². The highest BCUT2D eigenvalue weighted by Crippen LogP contribution is 2.65. The summed E-state index contributed by atoms with van der Waals surface area (Å²) in [6.07, 6.45) is 2.81. The maximum atomic E-state index is 13.3. The molecule has 3 saturated carbocycles. The molecular weight excluding hydrogens is 469 g/mol. The van der Waals surface area contributed by atoms with Gasteiger partial charge in [-0.2, -0.15) is 13.2 Å². The standard InChI is InChI=1S/C25H24ClF3N2O3/c26-18-8-3-12(25(27,28)29)9-19(18)30-22(32)11-1-4-13(5-2-11)31-23(33)20-14-6-7-15(17-10-16(14)17)21(20)24(31)34/h3,6-9,11,13-17,20-21H,1-2,4-5,10H2,(H,30,32). The molecule has 180 valence electrons. The Morgan fingerprint density at radius 1 is 0.971 bits per heavy atom. The monoisotopic (exact) mass is 492 g/mol. The molecule has 1 N–H and O–H groups in total. The number of hydrogen-bond acceptors (Lipinski definition) is 3. The number of alkyl halides is 3. The molecule has 5 aliphatic carbocycles. The first-order valence-electron chi connectivity index (χ1n) is 11.9. The summed E-state index contributed by atoms with van der Waals surface area (Å²) in [6.45, 7) is 0. The van der Waals surface area contributed by atoms with Crippen molar-refractivity contribution in [3.8, 4) is 0 Å². The van der Waals surface area contributed by atoms with Crippen molar-refractivity contribution in [1.29, 1.82) is 0 Å². The van der Waals surface area contributed by atoms with Gasteiger partial charge in [0, 0.05) is 12.0 Å². The lowest BCUT2D eigenvalue weighted by atomic mass is 9.63. The quantitative estimate of drug-likeness (QED) is 0.481. The Morgan fingerprint density at radius 3 is 2.12 bits per heavy atom. The summed E-state index contributed by atoms with van der Waals surface area (Å²) in [5.74, 6) is 0.0983. The van der Waals surface area contributed by atoms with Gasteiger partial charge in [-0.15, -0.1) is 0 Å². The molecule has 6 atom stereocenters. The van der Waals surface area contributed by atoms with E-state index in [9.17, 15) is 27.6 Å². The number of benzene rings is 1. The van der Waals surface area contributed by atoms with Gasteiger partial charge in [0.15, 0.2) is 0 Å². The second-order valence-corrected chi connectivity index (χ2v) is 10.8. The smallest absolute Gasteiger partial charge is 0.325 e. The third-order valence-electron chi connectivity index (χ3n) is 8.68. The highest BCUT2D eigenvalue weighted by Gasteiger charge is 2.67. The number of allylic oxidation sites excluding steroid dienone is 2. The van der Waals surface area contributed by atoms with Gasteiger partial charge in [-0.05, 0) is 74.0 Å². The Hall–Kier alpha value is -2.35. The van der Waals surface area contributed by atoms with E-state index in [0.29, 0.717) is 37.5 Å². The second-order valence-electron chi connectivity index (χ2n) is 10.4. The van der Waals surface area contributed by atoms with Gasteiger partial charge in [-0.3, -0.25) is 19.3 Å². The molecule has 1 aromatic rings.